The van der Waals surface area contributed by atoms with E-state index in [1.807, 2.05) is 0 Å². The van der Waals surface area contributed by atoms with E-state index in [-0.39, 0.29) is 5.97 Å². The Balaban J connectivity index is 2.92. The van der Waals surface area contributed by atoms with Crippen LogP contribution in [0.25, 0.3) is 0 Å². The number of hydrogen-bond donors (Lipinski definition) is 1. The monoisotopic (exact) mass is 256 g/mol. The Labute approximate surface area is 111 Å². The molecule has 1 saturated heterocycles. The van der Waals surface area contributed by atoms with Gasteiger partial charge in [0.2, 0.25) is 0 Å². The van der Waals surface area contributed by atoms with Gasteiger partial charge in [0.05, 0.1) is 7.11 Å². The maximum Gasteiger partial charge on any atom is 0.326 e. The first-order chi connectivity index (χ1) is 8.60. The Morgan fingerprint density at radius 2 is 2.00 bits per heavy atom. The largest absolute Gasteiger partial charge is 0.468 e. The highest BCUT2D eigenvalue weighted by Gasteiger charge is 2.44. The highest BCUT2D eigenvalue weighted by molar-refractivity contribution is 5.80. The number of hydrogen-bond acceptors (Lipinski definition) is 4. The SMILES string of the molecule is CCC(C)CC(CC)(C(=O)OC)N1CCNCC1. The average Bonchev–Trinajstić information content (AvgIpc) is 2.44. The molecule has 0 aliphatic carbocycles. The second-order valence-electron chi connectivity index (χ2n) is 5.33. The molecular weight excluding hydrogens is 228 g/mol. The number of carbonyl (C=O) groups is 1. The summed E-state index contributed by atoms with van der Waals surface area (Å²) in [6.45, 7) is 10.3. The van der Waals surface area contributed by atoms with Crippen molar-refractivity contribution < 1.29 is 9.53 Å². The van der Waals surface area contributed by atoms with Gasteiger partial charge in [-0.25, -0.2) is 0 Å². The van der Waals surface area contributed by atoms with Crippen molar-refractivity contribution in [1.29, 1.82) is 0 Å². The molecule has 1 fully saturated rings. The van der Waals surface area contributed by atoms with E-state index in [4.69, 9.17) is 4.74 Å². The maximum absolute atomic E-state index is 12.3. The van der Waals surface area contributed by atoms with Crippen molar-refractivity contribution in [3.05, 3.63) is 0 Å². The second kappa shape index (κ2) is 7.10. The van der Waals surface area contributed by atoms with Gasteiger partial charge in [-0.15, -0.1) is 0 Å². The fourth-order valence-corrected chi connectivity index (χ4v) is 2.86. The molecule has 1 aliphatic heterocycles. The molecule has 0 aromatic carbocycles. The van der Waals surface area contributed by atoms with Crippen LogP contribution in [0.3, 0.4) is 0 Å². The van der Waals surface area contributed by atoms with Crippen molar-refractivity contribution >= 4 is 5.97 Å². The molecule has 0 bridgehead atoms. The molecule has 106 valence electrons. The molecule has 4 nitrogen and oxygen atoms in total. The first-order valence-corrected chi connectivity index (χ1v) is 7.14. The van der Waals surface area contributed by atoms with Gasteiger partial charge in [0.25, 0.3) is 0 Å². The van der Waals surface area contributed by atoms with E-state index >= 15 is 0 Å². The second-order valence-corrected chi connectivity index (χ2v) is 5.33. The third-order valence-corrected chi connectivity index (χ3v) is 4.26. The fourth-order valence-electron chi connectivity index (χ4n) is 2.86. The molecule has 1 aliphatic rings. The lowest BCUT2D eigenvalue weighted by Gasteiger charge is -2.44. The summed E-state index contributed by atoms with van der Waals surface area (Å²) in [5.74, 6) is 0.478. The van der Waals surface area contributed by atoms with Crippen LogP contribution in [0.5, 0.6) is 0 Å². The number of esters is 1. The van der Waals surface area contributed by atoms with Crippen molar-refractivity contribution in [1.82, 2.24) is 10.2 Å². The molecule has 0 aromatic rings. The van der Waals surface area contributed by atoms with Crippen LogP contribution in [0.1, 0.15) is 40.0 Å². The summed E-state index contributed by atoms with van der Waals surface area (Å²) in [4.78, 5) is 14.7. The summed E-state index contributed by atoms with van der Waals surface area (Å²) in [7, 11) is 1.51. The number of ether oxygens (including phenoxy) is 1. The van der Waals surface area contributed by atoms with Gasteiger partial charge in [0.15, 0.2) is 0 Å². The predicted molar refractivity (Wildman–Crippen MR) is 73.6 cm³/mol. The quantitative estimate of drug-likeness (QED) is 0.734. The van der Waals surface area contributed by atoms with E-state index in [1.165, 1.54) is 7.11 Å². The number of methoxy groups -OCH3 is 1. The zero-order valence-electron chi connectivity index (χ0n) is 12.3. The zero-order valence-corrected chi connectivity index (χ0v) is 12.3. The topological polar surface area (TPSA) is 41.6 Å². The van der Waals surface area contributed by atoms with Crippen LogP contribution >= 0.6 is 0 Å². The lowest BCUT2D eigenvalue weighted by atomic mass is 9.82. The van der Waals surface area contributed by atoms with Crippen LogP contribution in [0, 0.1) is 5.92 Å². The lowest BCUT2D eigenvalue weighted by Crippen LogP contribution is -2.60. The van der Waals surface area contributed by atoms with Gasteiger partial charge in [0, 0.05) is 26.2 Å². The van der Waals surface area contributed by atoms with Crippen molar-refractivity contribution in [2.24, 2.45) is 5.92 Å². The Hall–Kier alpha value is -0.610. The number of piperazine rings is 1. The van der Waals surface area contributed by atoms with E-state index < -0.39 is 5.54 Å². The van der Waals surface area contributed by atoms with Crippen molar-refractivity contribution in [2.45, 2.75) is 45.6 Å². The minimum absolute atomic E-state index is 0.0628. The Morgan fingerprint density at radius 1 is 1.39 bits per heavy atom. The Morgan fingerprint density at radius 3 is 2.44 bits per heavy atom. The molecule has 0 spiro atoms. The molecule has 0 aromatic heterocycles. The molecule has 4 heteroatoms. The van der Waals surface area contributed by atoms with Crippen LogP contribution < -0.4 is 5.32 Å². The minimum Gasteiger partial charge on any atom is -0.468 e. The molecular formula is C14H28N2O2. The molecule has 1 rings (SSSR count). The van der Waals surface area contributed by atoms with E-state index in [0.29, 0.717) is 5.92 Å². The molecule has 0 amide bonds. The van der Waals surface area contributed by atoms with E-state index in [2.05, 4.69) is 31.0 Å². The van der Waals surface area contributed by atoms with Crippen LogP contribution in [-0.4, -0.2) is 49.7 Å². The van der Waals surface area contributed by atoms with Gasteiger partial charge in [-0.05, 0) is 18.8 Å². The normalized spacial score (nSPS) is 22.2. The third-order valence-electron chi connectivity index (χ3n) is 4.26. The molecule has 0 radical (unpaired) electrons. The third kappa shape index (κ3) is 3.23. The van der Waals surface area contributed by atoms with Crippen molar-refractivity contribution in [3.8, 4) is 0 Å². The Bertz CT molecular complexity index is 265. The average molecular weight is 256 g/mol. The zero-order chi connectivity index (χ0) is 13.6. The summed E-state index contributed by atoms with van der Waals surface area (Å²) in [6.07, 6.45) is 2.82. The fraction of sp³-hybridized carbons (Fsp3) is 0.929. The molecule has 1 heterocycles. The first kappa shape index (κ1) is 15.4. The van der Waals surface area contributed by atoms with E-state index in [9.17, 15) is 4.79 Å². The smallest absolute Gasteiger partial charge is 0.326 e. The first-order valence-electron chi connectivity index (χ1n) is 7.14. The standard InChI is InChI=1S/C14H28N2O2/c1-5-12(3)11-14(6-2,13(17)18-4)16-9-7-15-8-10-16/h12,15H,5-11H2,1-4H3. The van der Waals surface area contributed by atoms with Crippen molar-refractivity contribution in [2.75, 3.05) is 33.3 Å². The lowest BCUT2D eigenvalue weighted by molar-refractivity contribution is -0.158. The molecule has 1 N–H and O–H groups in total. The number of nitrogens with zero attached hydrogens (tertiary/aromatic N) is 1. The van der Waals surface area contributed by atoms with Crippen LogP contribution in [0.2, 0.25) is 0 Å². The van der Waals surface area contributed by atoms with E-state index in [1.54, 1.807) is 0 Å². The van der Waals surface area contributed by atoms with Crippen LogP contribution in [0.15, 0.2) is 0 Å². The number of carbonyl (C=O) groups excluding carboxylic acids is 1. The minimum atomic E-state index is -0.424. The highest BCUT2D eigenvalue weighted by atomic mass is 16.5. The molecule has 2 unspecified atom stereocenters. The van der Waals surface area contributed by atoms with Gasteiger partial charge in [0.1, 0.15) is 5.54 Å². The summed E-state index contributed by atoms with van der Waals surface area (Å²) < 4.78 is 5.10. The summed E-state index contributed by atoms with van der Waals surface area (Å²) in [5.41, 5.74) is -0.424. The van der Waals surface area contributed by atoms with Crippen LogP contribution in [-0.2, 0) is 9.53 Å². The molecule has 2 atom stereocenters. The van der Waals surface area contributed by atoms with Gasteiger partial charge in [-0.3, -0.25) is 9.69 Å². The molecule has 18 heavy (non-hydrogen) atoms. The van der Waals surface area contributed by atoms with Gasteiger partial charge in [-0.1, -0.05) is 27.2 Å². The van der Waals surface area contributed by atoms with Crippen molar-refractivity contribution in [3.63, 3.8) is 0 Å². The van der Waals surface area contributed by atoms with Crippen LogP contribution in [0.4, 0.5) is 0 Å². The van der Waals surface area contributed by atoms with Gasteiger partial charge in [-0.2, -0.15) is 0 Å². The number of nitrogens with one attached hydrogen (secondary N) is 1. The van der Waals surface area contributed by atoms with Gasteiger partial charge < -0.3 is 10.1 Å². The Kier molecular flexibility index (Phi) is 6.09. The van der Waals surface area contributed by atoms with E-state index in [0.717, 1.165) is 45.4 Å². The summed E-state index contributed by atoms with van der Waals surface area (Å²) in [6, 6.07) is 0. The molecule has 0 saturated carbocycles. The summed E-state index contributed by atoms with van der Waals surface area (Å²) in [5, 5.41) is 3.34. The maximum atomic E-state index is 12.3. The predicted octanol–water partition coefficient (Wildman–Crippen LogP) is 1.65. The van der Waals surface area contributed by atoms with Gasteiger partial charge >= 0.3 is 5.97 Å². The number of rotatable bonds is 6. The highest BCUT2D eigenvalue weighted by Crippen LogP contribution is 2.31. The summed E-state index contributed by atoms with van der Waals surface area (Å²) >= 11 is 0.